The van der Waals surface area contributed by atoms with Crippen molar-refractivity contribution in [3.63, 3.8) is 0 Å². The molecule has 0 saturated carbocycles. The van der Waals surface area contributed by atoms with E-state index in [1.807, 2.05) is 0 Å². The molecule has 5 nitrogen and oxygen atoms in total. The van der Waals surface area contributed by atoms with Gasteiger partial charge in [-0.2, -0.15) is 5.01 Å². The summed E-state index contributed by atoms with van der Waals surface area (Å²) in [6.07, 6.45) is 4.48. The highest BCUT2D eigenvalue weighted by atomic mass is 32.2. The lowest BCUT2D eigenvalue weighted by atomic mass is 10.2. The Morgan fingerprint density at radius 3 is 2.75 bits per heavy atom. The van der Waals surface area contributed by atoms with Crippen molar-refractivity contribution in [1.82, 2.24) is 15.4 Å². The standard InChI is InChI=1S/C16H10FN3O2S2/c17-12-3-1-2-10(8-12)9-13-15(22)20(16(23)24-13)19-14(21)11-4-6-18-7-5-11/h1-9H,(H,19,21)/b13-9+. The number of amides is 2. The minimum Gasteiger partial charge on any atom is -0.267 e. The molecule has 1 aliphatic rings. The summed E-state index contributed by atoms with van der Waals surface area (Å²) in [5.41, 5.74) is 3.35. The highest BCUT2D eigenvalue weighted by molar-refractivity contribution is 8.26. The van der Waals surface area contributed by atoms with Crippen LogP contribution in [0, 0.1) is 5.82 Å². The van der Waals surface area contributed by atoms with Gasteiger partial charge < -0.3 is 0 Å². The molecule has 3 rings (SSSR count). The topological polar surface area (TPSA) is 62.3 Å². The van der Waals surface area contributed by atoms with Gasteiger partial charge in [0.2, 0.25) is 0 Å². The normalized spacial score (nSPS) is 15.9. The molecule has 1 aromatic heterocycles. The van der Waals surface area contributed by atoms with Gasteiger partial charge in [-0.15, -0.1) is 0 Å². The molecular weight excluding hydrogens is 349 g/mol. The third-order valence-corrected chi connectivity index (χ3v) is 4.40. The number of benzene rings is 1. The number of nitrogens with zero attached hydrogens (tertiary/aromatic N) is 2. The molecule has 2 amide bonds. The Bertz CT molecular complexity index is 855. The molecule has 1 fully saturated rings. The molecule has 0 aliphatic carbocycles. The van der Waals surface area contributed by atoms with Crippen LogP contribution in [0.1, 0.15) is 15.9 Å². The number of thioether (sulfide) groups is 1. The molecular formula is C16H10FN3O2S2. The van der Waals surface area contributed by atoms with E-state index < -0.39 is 17.6 Å². The molecule has 0 radical (unpaired) electrons. The van der Waals surface area contributed by atoms with Gasteiger partial charge in [-0.1, -0.05) is 23.9 Å². The number of hydrogen-bond donors (Lipinski definition) is 1. The summed E-state index contributed by atoms with van der Waals surface area (Å²) in [7, 11) is 0. The van der Waals surface area contributed by atoms with Gasteiger partial charge in [-0.25, -0.2) is 4.39 Å². The highest BCUT2D eigenvalue weighted by Crippen LogP contribution is 2.31. The van der Waals surface area contributed by atoms with Gasteiger partial charge in [-0.3, -0.25) is 20.0 Å². The van der Waals surface area contributed by atoms with E-state index in [9.17, 15) is 14.0 Å². The number of hydrogen-bond acceptors (Lipinski definition) is 5. The molecule has 2 heterocycles. The Morgan fingerprint density at radius 1 is 1.29 bits per heavy atom. The van der Waals surface area contributed by atoms with Crippen molar-refractivity contribution < 1.29 is 14.0 Å². The van der Waals surface area contributed by atoms with E-state index in [1.54, 1.807) is 12.1 Å². The second-order valence-electron chi connectivity index (χ2n) is 4.75. The lowest BCUT2D eigenvalue weighted by Gasteiger charge is -2.15. The van der Waals surface area contributed by atoms with Gasteiger partial charge in [-0.05, 0) is 48.1 Å². The van der Waals surface area contributed by atoms with Crippen molar-refractivity contribution in [1.29, 1.82) is 0 Å². The number of nitrogens with one attached hydrogen (secondary N) is 1. The number of pyridine rings is 1. The van der Waals surface area contributed by atoms with Crippen molar-refractivity contribution in [2.45, 2.75) is 0 Å². The summed E-state index contributed by atoms with van der Waals surface area (Å²) in [5, 5.41) is 1.01. The summed E-state index contributed by atoms with van der Waals surface area (Å²) >= 11 is 6.17. The summed E-state index contributed by atoms with van der Waals surface area (Å²) < 4.78 is 13.4. The number of carbonyl (C=O) groups is 2. The van der Waals surface area contributed by atoms with Crippen LogP contribution in [-0.2, 0) is 4.79 Å². The van der Waals surface area contributed by atoms with E-state index in [0.717, 1.165) is 16.8 Å². The zero-order valence-electron chi connectivity index (χ0n) is 12.1. The van der Waals surface area contributed by atoms with Crippen LogP contribution in [0.15, 0.2) is 53.7 Å². The fraction of sp³-hybridized carbons (Fsp3) is 0. The summed E-state index contributed by atoms with van der Waals surface area (Å²) in [4.78, 5) is 28.7. The fourth-order valence-corrected chi connectivity index (χ4v) is 3.16. The average Bonchev–Trinajstić information content (AvgIpc) is 2.83. The smallest absolute Gasteiger partial charge is 0.267 e. The fourth-order valence-electron chi connectivity index (χ4n) is 1.98. The minimum atomic E-state index is -0.472. The van der Waals surface area contributed by atoms with Crippen molar-refractivity contribution in [2.75, 3.05) is 0 Å². The van der Waals surface area contributed by atoms with E-state index in [2.05, 4.69) is 10.4 Å². The first-order chi connectivity index (χ1) is 11.5. The minimum absolute atomic E-state index is 0.199. The highest BCUT2D eigenvalue weighted by Gasteiger charge is 2.33. The molecule has 0 spiro atoms. The number of halogens is 1. The number of thiocarbonyl (C=S) groups is 1. The van der Waals surface area contributed by atoms with Crippen LogP contribution in [0.2, 0.25) is 0 Å². The molecule has 1 N–H and O–H groups in total. The number of rotatable bonds is 3. The van der Waals surface area contributed by atoms with Crippen LogP contribution >= 0.6 is 24.0 Å². The quantitative estimate of drug-likeness (QED) is 0.674. The molecule has 0 bridgehead atoms. The van der Waals surface area contributed by atoms with Gasteiger partial charge in [0.15, 0.2) is 4.32 Å². The summed E-state index contributed by atoms with van der Waals surface area (Å²) in [6.45, 7) is 0. The van der Waals surface area contributed by atoms with Crippen molar-refractivity contribution in [3.05, 3.63) is 70.6 Å². The van der Waals surface area contributed by atoms with Crippen LogP contribution in [-0.4, -0.2) is 26.1 Å². The largest absolute Gasteiger partial charge is 0.285 e. The third kappa shape index (κ3) is 3.50. The van der Waals surface area contributed by atoms with E-state index in [1.165, 1.54) is 42.7 Å². The average molecular weight is 359 g/mol. The van der Waals surface area contributed by atoms with Gasteiger partial charge in [0.1, 0.15) is 5.82 Å². The molecule has 1 aromatic carbocycles. The molecule has 2 aromatic rings. The van der Waals surface area contributed by atoms with E-state index >= 15 is 0 Å². The van der Waals surface area contributed by atoms with Gasteiger partial charge in [0.05, 0.1) is 4.91 Å². The predicted octanol–water partition coefficient (Wildman–Crippen LogP) is 2.77. The van der Waals surface area contributed by atoms with E-state index in [-0.39, 0.29) is 4.32 Å². The van der Waals surface area contributed by atoms with Crippen LogP contribution < -0.4 is 5.43 Å². The zero-order chi connectivity index (χ0) is 17.1. The molecule has 0 unspecified atom stereocenters. The zero-order valence-corrected chi connectivity index (χ0v) is 13.7. The number of hydrazine groups is 1. The summed E-state index contributed by atoms with van der Waals surface area (Å²) in [6, 6.07) is 8.89. The lowest BCUT2D eigenvalue weighted by molar-refractivity contribution is -0.123. The first-order valence-electron chi connectivity index (χ1n) is 6.79. The SMILES string of the molecule is O=C(NN1C(=O)/C(=C\c2cccc(F)c2)SC1=S)c1ccncc1. The predicted molar refractivity (Wildman–Crippen MR) is 93.1 cm³/mol. The molecule has 120 valence electrons. The second-order valence-corrected chi connectivity index (χ2v) is 6.42. The van der Waals surface area contributed by atoms with E-state index in [0.29, 0.717) is 16.0 Å². The molecule has 1 saturated heterocycles. The van der Waals surface area contributed by atoms with Crippen LogP contribution in [0.4, 0.5) is 4.39 Å². The molecule has 0 atom stereocenters. The van der Waals surface area contributed by atoms with Crippen LogP contribution in [0.5, 0.6) is 0 Å². The lowest BCUT2D eigenvalue weighted by Crippen LogP contribution is -2.44. The maximum atomic E-state index is 13.2. The van der Waals surface area contributed by atoms with Crippen molar-refractivity contribution in [2.24, 2.45) is 0 Å². The summed E-state index contributed by atoms with van der Waals surface area (Å²) in [5.74, 6) is -1.33. The van der Waals surface area contributed by atoms with Crippen molar-refractivity contribution >= 4 is 46.2 Å². The Labute approximate surface area is 146 Å². The van der Waals surface area contributed by atoms with Gasteiger partial charge in [0.25, 0.3) is 11.8 Å². The maximum Gasteiger partial charge on any atom is 0.285 e. The van der Waals surface area contributed by atoms with Gasteiger partial charge in [0, 0.05) is 18.0 Å². The Morgan fingerprint density at radius 2 is 2.04 bits per heavy atom. The van der Waals surface area contributed by atoms with Crippen molar-refractivity contribution in [3.8, 4) is 0 Å². The second kappa shape index (κ2) is 6.90. The first kappa shape index (κ1) is 16.3. The first-order valence-corrected chi connectivity index (χ1v) is 8.01. The monoisotopic (exact) mass is 359 g/mol. The molecule has 8 heteroatoms. The molecule has 24 heavy (non-hydrogen) atoms. The van der Waals surface area contributed by atoms with Crippen LogP contribution in [0.3, 0.4) is 0 Å². The number of aromatic nitrogens is 1. The van der Waals surface area contributed by atoms with Crippen LogP contribution in [0.25, 0.3) is 6.08 Å². The maximum absolute atomic E-state index is 13.2. The van der Waals surface area contributed by atoms with Gasteiger partial charge >= 0.3 is 0 Å². The van der Waals surface area contributed by atoms with E-state index in [4.69, 9.17) is 12.2 Å². The molecule has 1 aliphatic heterocycles. The third-order valence-electron chi connectivity index (χ3n) is 3.10. The number of carbonyl (C=O) groups excluding carboxylic acids is 2. The Balaban J connectivity index is 1.78. The Kier molecular flexibility index (Phi) is 4.68. The Hall–Kier alpha value is -2.58.